The van der Waals surface area contributed by atoms with Crippen molar-refractivity contribution in [1.82, 2.24) is 4.98 Å². The molecule has 1 aromatic rings. The number of rotatable bonds is 5. The third-order valence-corrected chi connectivity index (χ3v) is 3.73. The summed E-state index contributed by atoms with van der Waals surface area (Å²) in [6.07, 6.45) is 6.96. The minimum Gasteiger partial charge on any atom is -0.294 e. The summed E-state index contributed by atoms with van der Waals surface area (Å²) in [6.45, 7) is 6.12. The summed E-state index contributed by atoms with van der Waals surface area (Å²) in [5.74, 6) is 0.197. The van der Waals surface area contributed by atoms with Crippen molar-refractivity contribution in [2.45, 2.75) is 33.6 Å². The molecule has 0 aliphatic carbocycles. The fraction of sp³-hybridized carbons (Fsp3) is 0.500. The van der Waals surface area contributed by atoms with Gasteiger partial charge >= 0.3 is 0 Å². The maximum Gasteiger partial charge on any atom is 0.161 e. The first kappa shape index (κ1) is 12.1. The highest BCUT2D eigenvalue weighted by Crippen LogP contribution is 2.27. The number of aromatic nitrogens is 1. The Labute approximate surface area is 95.0 Å². The molecule has 0 atom stereocenters. The molecule has 1 heterocycles. The Balaban J connectivity index is 2.70. The van der Waals surface area contributed by atoms with Gasteiger partial charge < -0.3 is 0 Å². The van der Waals surface area contributed by atoms with Gasteiger partial charge in [0.2, 0.25) is 0 Å². The van der Waals surface area contributed by atoms with E-state index in [9.17, 15) is 4.79 Å². The Morgan fingerprint density at radius 2 is 2.20 bits per heavy atom. The van der Waals surface area contributed by atoms with Gasteiger partial charge in [0.25, 0.3) is 0 Å². The van der Waals surface area contributed by atoms with Crippen LogP contribution < -0.4 is 0 Å². The van der Waals surface area contributed by atoms with Gasteiger partial charge in [-0.15, -0.1) is 11.3 Å². The molecule has 82 valence electrons. The van der Waals surface area contributed by atoms with Gasteiger partial charge in [-0.1, -0.05) is 20.8 Å². The summed E-state index contributed by atoms with van der Waals surface area (Å²) >= 11 is 1.54. The number of hydrogen-bond acceptors (Lipinski definition) is 3. The molecule has 0 spiro atoms. The maximum atomic E-state index is 11.9. The normalized spacial score (nSPS) is 12.2. The van der Waals surface area contributed by atoms with Crippen molar-refractivity contribution in [2.75, 3.05) is 0 Å². The number of carbonyl (C=O) groups is 1. The highest BCUT2D eigenvalue weighted by Gasteiger charge is 2.26. The molecule has 0 saturated carbocycles. The minimum atomic E-state index is -0.215. The number of hydrogen-bond donors (Lipinski definition) is 0. The summed E-state index contributed by atoms with van der Waals surface area (Å²) in [4.78, 5) is 16.0. The van der Waals surface area contributed by atoms with Gasteiger partial charge in [-0.25, -0.2) is 4.98 Å². The summed E-state index contributed by atoms with van der Waals surface area (Å²) in [5, 5.41) is 2.79. The van der Waals surface area contributed by atoms with Gasteiger partial charge in [0.1, 0.15) is 5.01 Å². The summed E-state index contributed by atoms with van der Waals surface area (Å²) < 4.78 is 0. The topological polar surface area (TPSA) is 30.0 Å². The molecule has 0 aromatic carbocycles. The lowest BCUT2D eigenvalue weighted by Gasteiger charge is -2.22. The van der Waals surface area contributed by atoms with Gasteiger partial charge in [-0.2, -0.15) is 0 Å². The van der Waals surface area contributed by atoms with Gasteiger partial charge in [0, 0.05) is 17.0 Å². The number of nitrogens with zero attached hydrogens (tertiary/aromatic N) is 1. The number of thiazole rings is 1. The van der Waals surface area contributed by atoms with E-state index in [-0.39, 0.29) is 11.2 Å². The third-order valence-electron chi connectivity index (χ3n) is 2.98. The van der Waals surface area contributed by atoms with Crippen LogP contribution in [-0.2, 0) is 4.79 Å². The second-order valence-electron chi connectivity index (χ2n) is 3.84. The summed E-state index contributed by atoms with van der Waals surface area (Å²) in [7, 11) is 0. The molecule has 1 rings (SSSR count). The predicted molar refractivity (Wildman–Crippen MR) is 64.8 cm³/mol. The lowest BCUT2D eigenvalue weighted by atomic mass is 9.80. The smallest absolute Gasteiger partial charge is 0.161 e. The zero-order chi connectivity index (χ0) is 11.3. The number of allylic oxidation sites excluding steroid dienone is 1. The van der Waals surface area contributed by atoms with Crippen molar-refractivity contribution >= 4 is 23.2 Å². The van der Waals surface area contributed by atoms with Crippen LogP contribution in [0.5, 0.6) is 0 Å². The monoisotopic (exact) mass is 223 g/mol. The SMILES string of the molecule is CCC(C)(CC)C(=O)/C=C/c1nccs1. The lowest BCUT2D eigenvalue weighted by molar-refractivity contribution is -0.123. The molecule has 15 heavy (non-hydrogen) atoms. The second kappa shape index (κ2) is 5.21. The van der Waals surface area contributed by atoms with Crippen molar-refractivity contribution < 1.29 is 4.79 Å². The second-order valence-corrected chi connectivity index (χ2v) is 4.76. The van der Waals surface area contributed by atoms with Crippen molar-refractivity contribution in [3.63, 3.8) is 0 Å². The van der Waals surface area contributed by atoms with Gasteiger partial charge in [0.15, 0.2) is 5.78 Å². The molecular formula is C12H17NOS. The molecule has 1 aromatic heterocycles. The fourth-order valence-electron chi connectivity index (χ4n) is 1.26. The summed E-state index contributed by atoms with van der Waals surface area (Å²) in [5.41, 5.74) is -0.215. The van der Waals surface area contributed by atoms with E-state index in [1.165, 1.54) is 0 Å². The molecule has 0 amide bonds. The van der Waals surface area contributed by atoms with Crippen LogP contribution in [0.1, 0.15) is 38.6 Å². The van der Waals surface area contributed by atoms with Crippen LogP contribution in [0.25, 0.3) is 6.08 Å². The van der Waals surface area contributed by atoms with E-state index >= 15 is 0 Å². The van der Waals surface area contributed by atoms with E-state index in [4.69, 9.17) is 0 Å². The maximum absolute atomic E-state index is 11.9. The molecule has 3 heteroatoms. The van der Waals surface area contributed by atoms with Crippen LogP contribution >= 0.6 is 11.3 Å². The molecule has 0 unspecified atom stereocenters. The zero-order valence-corrected chi connectivity index (χ0v) is 10.3. The first-order chi connectivity index (χ1) is 7.12. The molecule has 0 aliphatic heterocycles. The largest absolute Gasteiger partial charge is 0.294 e. The lowest BCUT2D eigenvalue weighted by Crippen LogP contribution is -2.24. The first-order valence-electron chi connectivity index (χ1n) is 5.24. The molecule has 0 aliphatic rings. The molecule has 0 fully saturated rings. The van der Waals surface area contributed by atoms with Gasteiger partial charge in [-0.05, 0) is 25.0 Å². The van der Waals surface area contributed by atoms with E-state index < -0.39 is 0 Å². The number of carbonyl (C=O) groups excluding carboxylic acids is 1. The Morgan fingerprint density at radius 1 is 1.53 bits per heavy atom. The van der Waals surface area contributed by atoms with Crippen molar-refractivity contribution in [2.24, 2.45) is 5.41 Å². The predicted octanol–water partition coefficient (Wildman–Crippen LogP) is 3.55. The van der Waals surface area contributed by atoms with Crippen LogP contribution in [0, 0.1) is 5.41 Å². The van der Waals surface area contributed by atoms with Crippen molar-refractivity contribution in [3.8, 4) is 0 Å². The average Bonchev–Trinajstić information content (AvgIpc) is 2.77. The van der Waals surface area contributed by atoms with Gasteiger partial charge in [-0.3, -0.25) is 4.79 Å². The Bertz CT molecular complexity index is 337. The van der Waals surface area contributed by atoms with E-state index in [1.54, 1.807) is 29.7 Å². The molecule has 0 bridgehead atoms. The summed E-state index contributed by atoms with van der Waals surface area (Å²) in [6, 6.07) is 0. The van der Waals surface area contributed by atoms with E-state index in [1.807, 2.05) is 12.3 Å². The Morgan fingerprint density at radius 3 is 2.67 bits per heavy atom. The molecular weight excluding hydrogens is 206 g/mol. The molecule has 2 nitrogen and oxygen atoms in total. The van der Waals surface area contributed by atoms with Crippen molar-refractivity contribution in [3.05, 3.63) is 22.7 Å². The quantitative estimate of drug-likeness (QED) is 0.714. The Hall–Kier alpha value is -0.960. The van der Waals surface area contributed by atoms with E-state index in [0.29, 0.717) is 0 Å². The fourth-order valence-corrected chi connectivity index (χ4v) is 1.79. The molecule has 0 saturated heterocycles. The molecule has 0 radical (unpaired) electrons. The van der Waals surface area contributed by atoms with Crippen LogP contribution in [0.2, 0.25) is 0 Å². The van der Waals surface area contributed by atoms with E-state index in [0.717, 1.165) is 17.8 Å². The van der Waals surface area contributed by atoms with E-state index in [2.05, 4.69) is 18.8 Å². The number of ketones is 1. The Kier molecular flexibility index (Phi) is 4.21. The zero-order valence-electron chi connectivity index (χ0n) is 9.49. The van der Waals surface area contributed by atoms with Crippen LogP contribution in [0.3, 0.4) is 0 Å². The van der Waals surface area contributed by atoms with Crippen LogP contribution in [0.15, 0.2) is 17.7 Å². The van der Waals surface area contributed by atoms with Crippen LogP contribution in [0.4, 0.5) is 0 Å². The van der Waals surface area contributed by atoms with Gasteiger partial charge in [0.05, 0.1) is 0 Å². The minimum absolute atomic E-state index is 0.197. The standard InChI is InChI=1S/C12H17NOS/c1-4-12(3,5-2)10(14)6-7-11-13-8-9-15-11/h6-9H,4-5H2,1-3H3/b7-6+. The average molecular weight is 223 g/mol. The molecule has 0 N–H and O–H groups in total. The highest BCUT2D eigenvalue weighted by molar-refractivity contribution is 7.10. The first-order valence-corrected chi connectivity index (χ1v) is 6.12. The highest BCUT2D eigenvalue weighted by atomic mass is 32.1. The van der Waals surface area contributed by atoms with Crippen LogP contribution in [-0.4, -0.2) is 10.8 Å². The van der Waals surface area contributed by atoms with Crippen molar-refractivity contribution in [1.29, 1.82) is 0 Å². The third kappa shape index (κ3) is 2.99.